The summed E-state index contributed by atoms with van der Waals surface area (Å²) in [5.41, 5.74) is 2.68. The van der Waals surface area contributed by atoms with Gasteiger partial charge in [-0.3, -0.25) is 9.78 Å². The first kappa shape index (κ1) is 16.8. The SMILES string of the molecule is CCCn1c(C23CC4C=C2CC(C4)C3)nc2nc(OC3CCCC3)[nH]c(=O)c21. The summed E-state index contributed by atoms with van der Waals surface area (Å²) >= 11 is 0. The van der Waals surface area contributed by atoms with Gasteiger partial charge < -0.3 is 9.30 Å². The van der Waals surface area contributed by atoms with Crippen LogP contribution in [0.2, 0.25) is 0 Å². The van der Waals surface area contributed by atoms with E-state index in [0.29, 0.717) is 23.1 Å². The van der Waals surface area contributed by atoms with E-state index in [2.05, 4.69) is 27.5 Å². The summed E-state index contributed by atoms with van der Waals surface area (Å²) in [5, 5.41) is 0. The maximum Gasteiger partial charge on any atom is 0.298 e. The van der Waals surface area contributed by atoms with Crippen LogP contribution in [0.1, 0.15) is 70.5 Å². The molecule has 3 unspecified atom stereocenters. The molecule has 0 amide bonds. The van der Waals surface area contributed by atoms with Crippen molar-refractivity contribution in [2.45, 2.75) is 82.8 Å². The van der Waals surface area contributed by atoms with E-state index in [4.69, 9.17) is 9.72 Å². The number of aromatic amines is 1. The summed E-state index contributed by atoms with van der Waals surface area (Å²) < 4.78 is 8.15. The van der Waals surface area contributed by atoms with Gasteiger partial charge in [-0.2, -0.15) is 4.98 Å². The van der Waals surface area contributed by atoms with Crippen LogP contribution >= 0.6 is 0 Å². The van der Waals surface area contributed by atoms with Crippen molar-refractivity contribution in [3.05, 3.63) is 27.8 Å². The number of hydrogen-bond donors (Lipinski definition) is 1. The number of hydrogen-bond acceptors (Lipinski definition) is 4. The van der Waals surface area contributed by atoms with E-state index in [1.807, 2.05) is 0 Å². The molecule has 2 heterocycles. The molecule has 3 saturated carbocycles. The number of allylic oxidation sites excluding steroid dienone is 2. The Morgan fingerprint density at radius 1 is 1.29 bits per heavy atom. The van der Waals surface area contributed by atoms with Crippen LogP contribution in [0, 0.1) is 11.8 Å². The molecule has 3 fully saturated rings. The fraction of sp³-hybridized carbons (Fsp3) is 0.682. The first-order valence-corrected chi connectivity index (χ1v) is 11.0. The van der Waals surface area contributed by atoms with E-state index >= 15 is 0 Å². The van der Waals surface area contributed by atoms with Gasteiger partial charge in [0.05, 0.1) is 5.41 Å². The number of nitrogens with one attached hydrogen (secondary N) is 1. The Bertz CT molecular complexity index is 1030. The monoisotopic (exact) mass is 380 g/mol. The second kappa shape index (κ2) is 5.94. The highest BCUT2D eigenvalue weighted by Crippen LogP contribution is 2.62. The van der Waals surface area contributed by atoms with Gasteiger partial charge in [-0.25, -0.2) is 4.98 Å². The Morgan fingerprint density at radius 3 is 2.93 bits per heavy atom. The molecule has 2 aromatic heterocycles. The van der Waals surface area contributed by atoms with Gasteiger partial charge in [0.1, 0.15) is 11.9 Å². The Morgan fingerprint density at radius 2 is 2.14 bits per heavy atom. The average Bonchev–Trinajstić information content (AvgIpc) is 3.39. The highest BCUT2D eigenvalue weighted by molar-refractivity contribution is 5.72. The summed E-state index contributed by atoms with van der Waals surface area (Å²) in [7, 11) is 0. The average molecular weight is 380 g/mol. The zero-order valence-corrected chi connectivity index (χ0v) is 16.5. The van der Waals surface area contributed by atoms with Gasteiger partial charge in [-0.15, -0.1) is 0 Å². The first-order valence-electron chi connectivity index (χ1n) is 11.0. The normalized spacial score (nSPS) is 31.2. The predicted octanol–water partition coefficient (Wildman–Crippen LogP) is 3.85. The molecule has 0 aliphatic heterocycles. The van der Waals surface area contributed by atoms with E-state index in [1.165, 1.54) is 32.1 Å². The van der Waals surface area contributed by atoms with Crippen LogP contribution in [0.3, 0.4) is 0 Å². The minimum atomic E-state index is -0.117. The lowest BCUT2D eigenvalue weighted by Gasteiger charge is -2.32. The molecule has 0 aromatic carbocycles. The lowest BCUT2D eigenvalue weighted by Crippen LogP contribution is -2.31. The number of fused-ring (bicyclic) bond motifs is 1. The van der Waals surface area contributed by atoms with Crippen LogP contribution in [0.4, 0.5) is 0 Å². The van der Waals surface area contributed by atoms with Gasteiger partial charge >= 0.3 is 0 Å². The van der Waals surface area contributed by atoms with Crippen molar-refractivity contribution in [1.29, 1.82) is 0 Å². The topological polar surface area (TPSA) is 72.8 Å². The Balaban J connectivity index is 1.48. The van der Waals surface area contributed by atoms with Gasteiger partial charge in [-0.05, 0) is 69.6 Å². The lowest BCUT2D eigenvalue weighted by atomic mass is 9.74. The van der Waals surface area contributed by atoms with E-state index in [-0.39, 0.29) is 17.1 Å². The Labute approximate surface area is 164 Å². The summed E-state index contributed by atoms with van der Waals surface area (Å²) in [6, 6.07) is 0.339. The number of aryl methyl sites for hydroxylation is 1. The van der Waals surface area contributed by atoms with Crippen LogP contribution in [0.5, 0.6) is 6.01 Å². The molecule has 6 nitrogen and oxygen atoms in total. The number of rotatable bonds is 5. The van der Waals surface area contributed by atoms with E-state index < -0.39 is 0 Å². The first-order chi connectivity index (χ1) is 13.7. The van der Waals surface area contributed by atoms with E-state index in [0.717, 1.165) is 44.0 Å². The van der Waals surface area contributed by atoms with Crippen LogP contribution in [-0.4, -0.2) is 25.6 Å². The molecule has 3 atom stereocenters. The number of H-pyrrole nitrogens is 1. The Hall–Kier alpha value is -2.11. The summed E-state index contributed by atoms with van der Waals surface area (Å²) in [5.74, 6) is 2.57. The van der Waals surface area contributed by atoms with Crippen molar-refractivity contribution in [2.24, 2.45) is 11.8 Å². The summed E-state index contributed by atoms with van der Waals surface area (Å²) in [4.78, 5) is 25.6. The quantitative estimate of drug-likeness (QED) is 0.800. The molecule has 148 valence electrons. The fourth-order valence-corrected chi connectivity index (χ4v) is 6.56. The molecule has 4 bridgehead atoms. The van der Waals surface area contributed by atoms with Crippen molar-refractivity contribution in [3.8, 4) is 6.01 Å². The predicted molar refractivity (Wildman–Crippen MR) is 107 cm³/mol. The van der Waals surface area contributed by atoms with Gasteiger partial charge in [0.2, 0.25) is 0 Å². The molecule has 5 aliphatic rings. The number of ether oxygens (including phenoxy) is 1. The molecule has 0 radical (unpaired) electrons. The van der Waals surface area contributed by atoms with Crippen molar-refractivity contribution in [3.63, 3.8) is 0 Å². The van der Waals surface area contributed by atoms with Gasteiger partial charge in [0.15, 0.2) is 11.2 Å². The van der Waals surface area contributed by atoms with Crippen molar-refractivity contribution in [1.82, 2.24) is 19.5 Å². The third-order valence-corrected chi connectivity index (χ3v) is 7.49. The smallest absolute Gasteiger partial charge is 0.298 e. The third-order valence-electron chi connectivity index (χ3n) is 7.49. The molecule has 6 heteroatoms. The standard InChI is InChI=1S/C22H28N4O2/c1-2-7-26-17-18(24-21(25-19(17)27)28-16-5-3-4-6-16)23-20(26)22-11-13-8-14(12-22)10-15(22)9-13/h9,13-14,16H,2-8,10-12H2,1H3,(H,24,25,27). The molecular formula is C22H28N4O2. The number of aromatic nitrogens is 4. The van der Waals surface area contributed by atoms with Crippen molar-refractivity contribution >= 4 is 11.2 Å². The van der Waals surface area contributed by atoms with Crippen LogP contribution in [0.15, 0.2) is 16.4 Å². The number of imidazole rings is 1. The molecular weight excluding hydrogens is 352 g/mol. The minimum absolute atomic E-state index is 0.0440. The molecule has 7 rings (SSSR count). The zero-order valence-electron chi connectivity index (χ0n) is 16.5. The Kier molecular flexibility index (Phi) is 3.57. The van der Waals surface area contributed by atoms with Crippen LogP contribution in [-0.2, 0) is 12.0 Å². The van der Waals surface area contributed by atoms with Crippen LogP contribution < -0.4 is 10.3 Å². The third kappa shape index (κ3) is 2.29. The van der Waals surface area contributed by atoms with Crippen molar-refractivity contribution in [2.75, 3.05) is 0 Å². The summed E-state index contributed by atoms with van der Waals surface area (Å²) in [6.45, 7) is 2.97. The highest BCUT2D eigenvalue weighted by atomic mass is 16.5. The fourth-order valence-electron chi connectivity index (χ4n) is 6.56. The molecule has 2 aromatic rings. The zero-order chi connectivity index (χ0) is 18.9. The highest BCUT2D eigenvalue weighted by Gasteiger charge is 2.56. The molecule has 0 spiro atoms. The minimum Gasteiger partial charge on any atom is -0.461 e. The molecule has 28 heavy (non-hydrogen) atoms. The van der Waals surface area contributed by atoms with Gasteiger partial charge in [0, 0.05) is 6.54 Å². The lowest BCUT2D eigenvalue weighted by molar-refractivity contribution is 0.192. The van der Waals surface area contributed by atoms with Crippen molar-refractivity contribution < 1.29 is 4.74 Å². The maximum atomic E-state index is 13.0. The van der Waals surface area contributed by atoms with E-state index in [9.17, 15) is 4.79 Å². The molecule has 1 N–H and O–H groups in total. The van der Waals surface area contributed by atoms with Gasteiger partial charge in [0.25, 0.3) is 11.6 Å². The molecule has 5 aliphatic carbocycles. The largest absolute Gasteiger partial charge is 0.461 e. The number of nitrogens with zero attached hydrogens (tertiary/aromatic N) is 3. The van der Waals surface area contributed by atoms with Gasteiger partial charge in [-0.1, -0.05) is 18.6 Å². The van der Waals surface area contributed by atoms with Crippen LogP contribution in [0.25, 0.3) is 11.2 Å². The molecule has 0 saturated heterocycles. The maximum absolute atomic E-state index is 13.0. The summed E-state index contributed by atoms with van der Waals surface area (Å²) in [6.07, 6.45) is 13.0. The second-order valence-electron chi connectivity index (χ2n) is 9.40. The van der Waals surface area contributed by atoms with E-state index in [1.54, 1.807) is 5.57 Å². The second-order valence-corrected chi connectivity index (χ2v) is 9.40.